The van der Waals surface area contributed by atoms with Crippen LogP contribution in [0.2, 0.25) is 0 Å². The van der Waals surface area contributed by atoms with Crippen LogP contribution in [-0.4, -0.2) is 20.7 Å². The van der Waals surface area contributed by atoms with Crippen molar-refractivity contribution < 1.29 is 9.18 Å². The van der Waals surface area contributed by atoms with Crippen LogP contribution in [-0.2, 0) is 17.8 Å². The van der Waals surface area contributed by atoms with Gasteiger partial charge in [-0.3, -0.25) is 4.79 Å². The van der Waals surface area contributed by atoms with Crippen molar-refractivity contribution in [1.82, 2.24) is 14.8 Å². The maximum Gasteiger partial charge on any atom is 0.248 e. The molecule has 6 heteroatoms. The number of amides is 1. The molecule has 0 atom stereocenters. The molecule has 0 spiro atoms. The third-order valence-corrected chi connectivity index (χ3v) is 4.77. The highest BCUT2D eigenvalue weighted by Crippen LogP contribution is 2.24. The van der Waals surface area contributed by atoms with Gasteiger partial charge in [0.05, 0.1) is 0 Å². The van der Waals surface area contributed by atoms with Gasteiger partial charge < -0.3 is 9.88 Å². The molecule has 0 unspecified atom stereocenters. The van der Waals surface area contributed by atoms with Crippen LogP contribution in [0.15, 0.2) is 54.6 Å². The van der Waals surface area contributed by atoms with E-state index in [2.05, 4.69) is 20.1 Å². The summed E-state index contributed by atoms with van der Waals surface area (Å²) in [7, 11) is 0. The highest BCUT2D eigenvalue weighted by Gasteiger charge is 2.16. The molecule has 2 aromatic carbocycles. The second-order valence-corrected chi connectivity index (χ2v) is 6.86. The number of nitrogens with zero attached hydrogens (tertiary/aromatic N) is 3. The van der Waals surface area contributed by atoms with Crippen molar-refractivity contribution in [1.29, 1.82) is 0 Å². The summed E-state index contributed by atoms with van der Waals surface area (Å²) in [6.07, 6.45) is 7.40. The van der Waals surface area contributed by atoms with Crippen LogP contribution < -0.4 is 5.32 Å². The minimum atomic E-state index is -0.331. The summed E-state index contributed by atoms with van der Waals surface area (Å²) in [6.45, 7) is 0.921. The molecule has 3 aromatic rings. The molecular weight excluding hydrogens is 355 g/mol. The molecule has 28 heavy (non-hydrogen) atoms. The Labute approximate surface area is 162 Å². The highest BCUT2D eigenvalue weighted by atomic mass is 19.1. The number of nitrogens with one attached hydrogen (secondary N) is 1. The zero-order chi connectivity index (χ0) is 19.3. The normalized spacial score (nSPS) is 13.9. The van der Waals surface area contributed by atoms with Crippen molar-refractivity contribution in [3.05, 3.63) is 71.8 Å². The van der Waals surface area contributed by atoms with Gasteiger partial charge in [0.15, 0.2) is 5.82 Å². The molecule has 0 fully saturated rings. The van der Waals surface area contributed by atoms with Crippen LogP contribution in [0.25, 0.3) is 17.5 Å². The lowest BCUT2D eigenvalue weighted by molar-refractivity contribution is -0.111. The lowest BCUT2D eigenvalue weighted by Gasteiger charge is -2.09. The van der Waals surface area contributed by atoms with Crippen LogP contribution in [0.5, 0.6) is 0 Å². The monoisotopic (exact) mass is 376 g/mol. The third-order valence-electron chi connectivity index (χ3n) is 4.77. The molecular formula is C22H21FN4O. The lowest BCUT2D eigenvalue weighted by Crippen LogP contribution is -2.08. The summed E-state index contributed by atoms with van der Waals surface area (Å²) >= 11 is 0. The van der Waals surface area contributed by atoms with E-state index < -0.39 is 0 Å². The number of hydrogen-bond acceptors (Lipinski definition) is 3. The van der Waals surface area contributed by atoms with Crippen LogP contribution in [0, 0.1) is 5.82 Å². The van der Waals surface area contributed by atoms with Gasteiger partial charge in [-0.25, -0.2) is 4.39 Å². The molecule has 0 radical (unpaired) electrons. The molecule has 1 aliphatic heterocycles. The molecule has 2 heterocycles. The van der Waals surface area contributed by atoms with Crippen molar-refractivity contribution in [2.75, 3.05) is 5.32 Å². The quantitative estimate of drug-likeness (QED) is 0.684. The number of hydrogen-bond donors (Lipinski definition) is 1. The van der Waals surface area contributed by atoms with Crippen LogP contribution in [0.1, 0.15) is 30.7 Å². The van der Waals surface area contributed by atoms with Crippen molar-refractivity contribution in [2.45, 2.75) is 32.2 Å². The summed E-state index contributed by atoms with van der Waals surface area (Å²) in [5, 5.41) is 11.5. The van der Waals surface area contributed by atoms with Crippen LogP contribution >= 0.6 is 0 Å². The number of benzene rings is 2. The number of aryl methyl sites for hydroxylation is 1. The third kappa shape index (κ3) is 4.17. The predicted molar refractivity (Wildman–Crippen MR) is 107 cm³/mol. The Kier molecular flexibility index (Phi) is 5.28. The number of fused-ring (bicyclic) bond motifs is 1. The van der Waals surface area contributed by atoms with E-state index in [1.807, 2.05) is 24.3 Å². The van der Waals surface area contributed by atoms with Gasteiger partial charge in [0.1, 0.15) is 11.6 Å². The van der Waals surface area contributed by atoms with Crippen LogP contribution in [0.4, 0.5) is 10.1 Å². The summed E-state index contributed by atoms with van der Waals surface area (Å²) in [5.41, 5.74) is 2.24. The molecule has 0 bridgehead atoms. The fraction of sp³-hybridized carbons (Fsp3) is 0.227. The number of anilines is 1. The molecule has 142 valence electrons. The number of aromatic nitrogens is 3. The predicted octanol–water partition coefficient (Wildman–Crippen LogP) is 4.46. The van der Waals surface area contributed by atoms with Gasteiger partial charge in [-0.15, -0.1) is 10.2 Å². The number of rotatable bonds is 4. The number of carbonyl (C=O) groups excluding carboxylic acids is 1. The Balaban J connectivity index is 1.50. The summed E-state index contributed by atoms with van der Waals surface area (Å²) in [6, 6.07) is 13.7. The number of carbonyl (C=O) groups is 1. The SMILES string of the molecule is O=C(/C=C/c1cccc(F)c1)Nc1cccc(-c2nnc3n2CCCCC3)c1. The zero-order valence-electron chi connectivity index (χ0n) is 15.4. The Morgan fingerprint density at radius 3 is 2.86 bits per heavy atom. The van der Waals surface area contributed by atoms with Crippen molar-refractivity contribution in [3.63, 3.8) is 0 Å². The van der Waals surface area contributed by atoms with E-state index in [1.165, 1.54) is 24.6 Å². The molecule has 0 saturated heterocycles. The standard InChI is InChI=1S/C22H21FN4O/c23-18-8-4-6-16(14-18)11-12-21(28)24-19-9-5-7-17(15-19)22-26-25-20-10-2-1-3-13-27(20)22/h4-9,11-12,14-15H,1-3,10,13H2,(H,24,28)/b12-11+. The van der Waals surface area contributed by atoms with Crippen LogP contribution in [0.3, 0.4) is 0 Å². The zero-order valence-corrected chi connectivity index (χ0v) is 15.4. The van der Waals surface area contributed by atoms with Gasteiger partial charge in [-0.2, -0.15) is 0 Å². The Hall–Kier alpha value is -3.28. The molecule has 1 N–H and O–H groups in total. The Morgan fingerprint density at radius 2 is 1.96 bits per heavy atom. The largest absolute Gasteiger partial charge is 0.322 e. The molecule has 0 aliphatic carbocycles. The smallest absolute Gasteiger partial charge is 0.248 e. The van der Waals surface area contributed by atoms with E-state index in [0.717, 1.165) is 43.0 Å². The minimum Gasteiger partial charge on any atom is -0.322 e. The molecule has 1 amide bonds. The summed E-state index contributed by atoms with van der Waals surface area (Å²) in [5.74, 6) is 1.26. The Bertz CT molecular complexity index is 1020. The van der Waals surface area contributed by atoms with E-state index in [1.54, 1.807) is 18.2 Å². The second-order valence-electron chi connectivity index (χ2n) is 6.86. The van der Waals surface area contributed by atoms with Gasteiger partial charge in [0, 0.05) is 30.3 Å². The van der Waals surface area contributed by atoms with E-state index in [0.29, 0.717) is 11.3 Å². The molecule has 5 nitrogen and oxygen atoms in total. The average molecular weight is 376 g/mol. The van der Waals surface area contributed by atoms with Crippen molar-refractivity contribution in [3.8, 4) is 11.4 Å². The maximum atomic E-state index is 13.2. The topological polar surface area (TPSA) is 59.8 Å². The summed E-state index contributed by atoms with van der Waals surface area (Å²) in [4.78, 5) is 12.2. The fourth-order valence-electron chi connectivity index (χ4n) is 3.40. The maximum absolute atomic E-state index is 13.2. The first kappa shape index (κ1) is 18.1. The first-order chi connectivity index (χ1) is 13.7. The lowest BCUT2D eigenvalue weighted by atomic mass is 10.1. The fourth-order valence-corrected chi connectivity index (χ4v) is 3.40. The van der Waals surface area contributed by atoms with Crippen molar-refractivity contribution in [2.24, 2.45) is 0 Å². The van der Waals surface area contributed by atoms with Gasteiger partial charge in [0.2, 0.25) is 5.91 Å². The first-order valence-corrected chi connectivity index (χ1v) is 9.46. The second kappa shape index (κ2) is 8.17. The van der Waals surface area contributed by atoms with E-state index in [-0.39, 0.29) is 11.7 Å². The van der Waals surface area contributed by atoms with Gasteiger partial charge >= 0.3 is 0 Å². The number of halogens is 1. The van der Waals surface area contributed by atoms with Gasteiger partial charge in [0.25, 0.3) is 0 Å². The molecule has 0 saturated carbocycles. The average Bonchev–Trinajstić information content (AvgIpc) is 2.95. The van der Waals surface area contributed by atoms with Crippen molar-refractivity contribution >= 4 is 17.7 Å². The van der Waals surface area contributed by atoms with E-state index >= 15 is 0 Å². The highest BCUT2D eigenvalue weighted by molar-refractivity contribution is 6.02. The summed E-state index contributed by atoms with van der Waals surface area (Å²) < 4.78 is 15.4. The Morgan fingerprint density at radius 1 is 1.07 bits per heavy atom. The minimum absolute atomic E-state index is 0.276. The van der Waals surface area contributed by atoms with E-state index in [4.69, 9.17) is 0 Å². The molecule has 1 aromatic heterocycles. The molecule has 4 rings (SSSR count). The van der Waals surface area contributed by atoms with Gasteiger partial charge in [-0.1, -0.05) is 30.7 Å². The van der Waals surface area contributed by atoms with E-state index in [9.17, 15) is 9.18 Å². The van der Waals surface area contributed by atoms with Gasteiger partial charge in [-0.05, 0) is 48.7 Å². The molecule has 1 aliphatic rings. The first-order valence-electron chi connectivity index (χ1n) is 9.46.